The van der Waals surface area contributed by atoms with Crippen LogP contribution in [0.5, 0.6) is 0 Å². The summed E-state index contributed by atoms with van der Waals surface area (Å²) < 4.78 is 4.69. The lowest BCUT2D eigenvalue weighted by molar-refractivity contribution is 0.370. The number of nitrogens with zero attached hydrogens (tertiary/aromatic N) is 1. The van der Waals surface area contributed by atoms with Gasteiger partial charge in [0.25, 0.3) is 9.76 Å². The first-order valence-electron chi connectivity index (χ1n) is 1.80. The van der Waals surface area contributed by atoms with Crippen LogP contribution < -0.4 is 0 Å². The third-order valence-corrected chi connectivity index (χ3v) is 1.29. The van der Waals surface area contributed by atoms with Crippen LogP contribution in [0.15, 0.2) is 16.9 Å². The molecular weight excluding hydrogens is 94.1 g/mol. The quantitative estimate of drug-likeness (QED) is 0.379. The molecule has 0 N–H and O–H groups in total. The smallest absolute Gasteiger partial charge is 0.281 e. The van der Waals surface area contributed by atoms with E-state index in [4.69, 9.17) is 4.53 Å². The van der Waals surface area contributed by atoms with E-state index < -0.39 is 0 Å². The minimum Gasteiger partial charge on any atom is -0.458 e. The van der Waals surface area contributed by atoms with E-state index in [0.29, 0.717) is 0 Å². The molecule has 1 rings (SSSR count). The van der Waals surface area contributed by atoms with Gasteiger partial charge in [-0.2, -0.15) is 0 Å². The standard InChI is InChI=1S/C3H5NOSi/c1-2-4-5-6-3-1/h1-3H,6H2. The molecule has 3 heteroatoms. The Morgan fingerprint density at radius 1 is 1.67 bits per heavy atom. The van der Waals surface area contributed by atoms with Crippen LogP contribution in [0.4, 0.5) is 0 Å². The highest BCUT2D eigenvalue weighted by atomic mass is 28.2. The Morgan fingerprint density at radius 3 is 2.83 bits per heavy atom. The van der Waals surface area contributed by atoms with Crippen molar-refractivity contribution >= 4 is 16.0 Å². The summed E-state index contributed by atoms with van der Waals surface area (Å²) in [6, 6.07) is 0. The van der Waals surface area contributed by atoms with Crippen molar-refractivity contribution in [2.75, 3.05) is 0 Å². The fourth-order valence-electron chi connectivity index (χ4n) is 0.281. The van der Waals surface area contributed by atoms with Crippen molar-refractivity contribution in [1.82, 2.24) is 0 Å². The number of allylic oxidation sites excluding steroid dienone is 1. The third-order valence-electron chi connectivity index (χ3n) is 0.528. The van der Waals surface area contributed by atoms with Gasteiger partial charge in [0.1, 0.15) is 0 Å². The molecule has 0 spiro atoms. The number of rotatable bonds is 0. The molecule has 1 heterocycles. The largest absolute Gasteiger partial charge is 0.458 e. The zero-order valence-electron chi connectivity index (χ0n) is 3.29. The second-order valence-electron chi connectivity index (χ2n) is 0.978. The van der Waals surface area contributed by atoms with Gasteiger partial charge in [0.05, 0.1) is 6.21 Å². The molecule has 1 aliphatic rings. The predicted octanol–water partition coefficient (Wildman–Crippen LogP) is -0.400. The van der Waals surface area contributed by atoms with Crippen molar-refractivity contribution in [3.8, 4) is 0 Å². The highest BCUT2D eigenvalue weighted by Crippen LogP contribution is 1.78. The molecule has 0 atom stereocenters. The zero-order valence-corrected chi connectivity index (χ0v) is 4.71. The zero-order chi connectivity index (χ0) is 4.24. The highest BCUT2D eigenvalue weighted by Gasteiger charge is 1.79. The molecule has 0 radical (unpaired) electrons. The van der Waals surface area contributed by atoms with Crippen molar-refractivity contribution in [1.29, 1.82) is 0 Å². The molecule has 0 saturated heterocycles. The monoisotopic (exact) mass is 99.0 g/mol. The van der Waals surface area contributed by atoms with Gasteiger partial charge >= 0.3 is 0 Å². The van der Waals surface area contributed by atoms with Crippen LogP contribution in [0.3, 0.4) is 0 Å². The van der Waals surface area contributed by atoms with Gasteiger partial charge in [-0.25, -0.2) is 0 Å². The second kappa shape index (κ2) is 1.77. The summed E-state index contributed by atoms with van der Waals surface area (Å²) in [6.07, 6.45) is 3.56. The summed E-state index contributed by atoms with van der Waals surface area (Å²) in [7, 11) is -0.370. The Hall–Kier alpha value is -0.573. The summed E-state index contributed by atoms with van der Waals surface area (Å²) >= 11 is 0. The van der Waals surface area contributed by atoms with E-state index in [1.165, 1.54) is 0 Å². The molecule has 0 amide bonds. The molecule has 2 nitrogen and oxygen atoms in total. The Bertz CT molecular complexity index is 76.8. The first-order chi connectivity index (χ1) is 3.00. The van der Waals surface area contributed by atoms with Gasteiger partial charge in [-0.3, -0.25) is 0 Å². The van der Waals surface area contributed by atoms with E-state index >= 15 is 0 Å². The lowest BCUT2D eigenvalue weighted by Gasteiger charge is -1.92. The van der Waals surface area contributed by atoms with Gasteiger partial charge in [-0.15, -0.1) is 5.16 Å². The van der Waals surface area contributed by atoms with Crippen LogP contribution in [0.2, 0.25) is 0 Å². The molecule has 0 unspecified atom stereocenters. The fraction of sp³-hybridized carbons (Fsp3) is 0. The number of hydrogen-bond donors (Lipinski definition) is 0. The minimum atomic E-state index is -0.370. The summed E-state index contributed by atoms with van der Waals surface area (Å²) in [5.74, 6) is 0. The van der Waals surface area contributed by atoms with Crippen molar-refractivity contribution in [2.24, 2.45) is 5.16 Å². The molecule has 1 aliphatic heterocycles. The normalized spacial score (nSPS) is 21.3. The van der Waals surface area contributed by atoms with Crippen LogP contribution in [-0.2, 0) is 4.53 Å². The Balaban J connectivity index is 2.46. The average molecular weight is 99.2 g/mol. The van der Waals surface area contributed by atoms with E-state index in [-0.39, 0.29) is 9.76 Å². The van der Waals surface area contributed by atoms with Crippen molar-refractivity contribution in [3.63, 3.8) is 0 Å². The van der Waals surface area contributed by atoms with E-state index in [0.717, 1.165) is 0 Å². The summed E-state index contributed by atoms with van der Waals surface area (Å²) in [5.41, 5.74) is 2.03. The van der Waals surface area contributed by atoms with Gasteiger partial charge in [0.2, 0.25) is 0 Å². The lowest BCUT2D eigenvalue weighted by atomic mass is 10.7. The minimum absolute atomic E-state index is 0.370. The van der Waals surface area contributed by atoms with E-state index in [1.807, 2.05) is 11.8 Å². The van der Waals surface area contributed by atoms with E-state index in [9.17, 15) is 0 Å². The van der Waals surface area contributed by atoms with Gasteiger partial charge in [0.15, 0.2) is 0 Å². The van der Waals surface area contributed by atoms with Crippen LogP contribution >= 0.6 is 0 Å². The van der Waals surface area contributed by atoms with E-state index in [1.54, 1.807) is 6.21 Å². The van der Waals surface area contributed by atoms with Crippen molar-refractivity contribution in [3.05, 3.63) is 11.8 Å². The predicted molar refractivity (Wildman–Crippen MR) is 27.3 cm³/mol. The Kier molecular flexibility index (Phi) is 1.06. The van der Waals surface area contributed by atoms with Crippen molar-refractivity contribution in [2.45, 2.75) is 0 Å². The average Bonchev–Trinajstić information content (AvgIpc) is 1.72. The fourth-order valence-corrected chi connectivity index (χ4v) is 0.772. The van der Waals surface area contributed by atoms with Crippen LogP contribution in [0.1, 0.15) is 0 Å². The maximum absolute atomic E-state index is 4.69. The molecule has 0 aromatic carbocycles. The first-order valence-corrected chi connectivity index (χ1v) is 3.20. The molecule has 0 aromatic heterocycles. The maximum atomic E-state index is 4.69. The molecule has 32 valence electrons. The lowest BCUT2D eigenvalue weighted by Crippen LogP contribution is -1.91. The summed E-state index contributed by atoms with van der Waals surface area (Å²) in [5, 5.41) is 3.53. The molecule has 0 saturated carbocycles. The van der Waals surface area contributed by atoms with Gasteiger partial charge < -0.3 is 4.53 Å². The molecule has 0 aliphatic carbocycles. The summed E-state index contributed by atoms with van der Waals surface area (Å²) in [6.45, 7) is 0. The van der Waals surface area contributed by atoms with Crippen LogP contribution in [0.25, 0.3) is 0 Å². The SMILES string of the molecule is C1=C[SiH2]ON=C1. The van der Waals surface area contributed by atoms with Crippen LogP contribution in [-0.4, -0.2) is 16.0 Å². The third kappa shape index (κ3) is 0.685. The Morgan fingerprint density at radius 2 is 2.67 bits per heavy atom. The molecule has 0 fully saturated rings. The molecular formula is C3H5NOSi. The highest BCUT2D eigenvalue weighted by molar-refractivity contribution is 6.35. The number of hydrogen-bond acceptors (Lipinski definition) is 2. The molecule has 6 heavy (non-hydrogen) atoms. The molecule has 0 aromatic rings. The van der Waals surface area contributed by atoms with E-state index in [2.05, 4.69) is 5.16 Å². The van der Waals surface area contributed by atoms with Gasteiger partial charge in [-0.05, 0) is 6.08 Å². The van der Waals surface area contributed by atoms with Crippen molar-refractivity contribution < 1.29 is 4.53 Å². The molecule has 0 bridgehead atoms. The topological polar surface area (TPSA) is 21.6 Å². The van der Waals surface area contributed by atoms with Gasteiger partial charge in [0, 0.05) is 0 Å². The Labute approximate surface area is 38.4 Å². The second-order valence-corrected chi connectivity index (χ2v) is 2.04. The summed E-state index contributed by atoms with van der Waals surface area (Å²) in [4.78, 5) is 0. The van der Waals surface area contributed by atoms with Gasteiger partial charge in [-0.1, -0.05) is 5.70 Å². The first kappa shape index (κ1) is 3.61. The number of oxime groups is 1. The van der Waals surface area contributed by atoms with Crippen LogP contribution in [0, 0.1) is 0 Å². The maximum Gasteiger partial charge on any atom is 0.281 e.